The fourth-order valence-electron chi connectivity index (χ4n) is 3.77. The molecule has 3 N–H and O–H groups in total. The lowest BCUT2D eigenvalue weighted by atomic mass is 10.1. The van der Waals surface area contributed by atoms with Crippen molar-refractivity contribution in [1.82, 2.24) is 20.9 Å². The summed E-state index contributed by atoms with van der Waals surface area (Å²) in [6.07, 6.45) is 3.06. The highest BCUT2D eigenvalue weighted by atomic mass is 16.5. The van der Waals surface area contributed by atoms with Crippen molar-refractivity contribution in [2.24, 2.45) is 0 Å². The number of ether oxygens (including phenoxy) is 1. The number of unbranched alkanes of at least 4 members (excludes halogenated alkanes) is 1. The maximum absolute atomic E-state index is 12.7. The van der Waals surface area contributed by atoms with Crippen LogP contribution < -0.4 is 16.0 Å². The van der Waals surface area contributed by atoms with E-state index in [0.717, 1.165) is 28.8 Å². The maximum Gasteiger partial charge on any atom is 0.408 e. The number of carbonyl (C=O) groups excluding carboxylic acids is 4. The first kappa shape index (κ1) is 29.0. The number of Topliss-reactive ketones (excluding diaryl/α,β-unsaturated/α-hetero) is 1. The molecule has 0 radical (unpaired) electrons. The summed E-state index contributed by atoms with van der Waals surface area (Å²) in [5.74, 6) is -1.15. The molecule has 1 atom stereocenters. The van der Waals surface area contributed by atoms with Gasteiger partial charge in [-0.2, -0.15) is 0 Å². The number of nitrogens with one attached hydrogen (secondary N) is 3. The number of ketones is 1. The Morgan fingerprint density at radius 1 is 0.872 bits per heavy atom. The zero-order valence-corrected chi connectivity index (χ0v) is 22.0. The summed E-state index contributed by atoms with van der Waals surface area (Å²) in [7, 11) is 0. The van der Waals surface area contributed by atoms with Gasteiger partial charge in [-0.15, -0.1) is 0 Å². The van der Waals surface area contributed by atoms with E-state index < -0.39 is 18.0 Å². The zero-order valence-electron chi connectivity index (χ0n) is 22.0. The Balaban J connectivity index is 1.41. The van der Waals surface area contributed by atoms with Gasteiger partial charge in [0.15, 0.2) is 5.78 Å². The first-order valence-electron chi connectivity index (χ1n) is 13.0. The van der Waals surface area contributed by atoms with E-state index in [2.05, 4.69) is 20.9 Å². The van der Waals surface area contributed by atoms with E-state index in [4.69, 9.17) is 4.74 Å². The summed E-state index contributed by atoms with van der Waals surface area (Å²) < 4.78 is 5.21. The van der Waals surface area contributed by atoms with Crippen molar-refractivity contribution in [3.8, 4) is 11.3 Å². The summed E-state index contributed by atoms with van der Waals surface area (Å²) in [5.41, 5.74) is 3.33. The van der Waals surface area contributed by atoms with Crippen LogP contribution in [-0.4, -0.2) is 47.8 Å². The summed E-state index contributed by atoms with van der Waals surface area (Å²) in [5, 5.41) is 7.73. The highest BCUT2D eigenvalue weighted by molar-refractivity contribution is 5.92. The second kappa shape index (κ2) is 15.7. The number of pyridine rings is 1. The molecule has 1 heterocycles. The lowest BCUT2D eigenvalue weighted by Gasteiger charge is -2.18. The maximum atomic E-state index is 12.7. The van der Waals surface area contributed by atoms with Crippen molar-refractivity contribution in [2.75, 3.05) is 13.1 Å². The van der Waals surface area contributed by atoms with E-state index in [1.165, 1.54) is 0 Å². The molecule has 9 nitrogen and oxygen atoms in total. The van der Waals surface area contributed by atoms with Crippen LogP contribution in [0, 0.1) is 0 Å². The lowest BCUT2D eigenvalue weighted by Crippen LogP contribution is -2.48. The molecule has 204 valence electrons. The van der Waals surface area contributed by atoms with Gasteiger partial charge in [0.25, 0.3) is 0 Å². The lowest BCUT2D eigenvalue weighted by molar-refractivity contribution is -0.127. The Bertz CT molecular complexity index is 1230. The van der Waals surface area contributed by atoms with Gasteiger partial charge in [-0.3, -0.25) is 19.4 Å². The van der Waals surface area contributed by atoms with Crippen molar-refractivity contribution < 1.29 is 23.9 Å². The topological polar surface area (TPSA) is 126 Å². The Morgan fingerprint density at radius 3 is 2.36 bits per heavy atom. The van der Waals surface area contributed by atoms with Crippen molar-refractivity contribution in [1.29, 1.82) is 0 Å². The molecular formula is C30H34N4O5. The van der Waals surface area contributed by atoms with Crippen LogP contribution in [0.15, 0.2) is 79.0 Å². The fraction of sp³-hybridized carbons (Fsp3) is 0.300. The standard InChI is InChI=1S/C30H34N4O5/c1-2-3-14-27(34-30(38)39-21-22-10-5-4-6-11-22)29(37)33-20-25(35)19-32-28(36)18-23-12-9-13-24(17-23)26-15-7-8-16-31-26/h4-13,15-17,27H,2-3,14,18-21H2,1H3,(H,32,36)(H,33,37)(H,34,38)/t27-/m0/s1. The van der Waals surface area contributed by atoms with Gasteiger partial charge in [0, 0.05) is 11.8 Å². The molecule has 9 heteroatoms. The molecule has 0 spiro atoms. The minimum absolute atomic E-state index is 0.0837. The summed E-state index contributed by atoms with van der Waals surface area (Å²) in [6.45, 7) is 1.58. The largest absolute Gasteiger partial charge is 0.445 e. The van der Waals surface area contributed by atoms with Gasteiger partial charge in [0.2, 0.25) is 11.8 Å². The Morgan fingerprint density at radius 2 is 1.62 bits per heavy atom. The van der Waals surface area contributed by atoms with Crippen LogP contribution in [0.5, 0.6) is 0 Å². The van der Waals surface area contributed by atoms with E-state index in [0.29, 0.717) is 12.8 Å². The van der Waals surface area contributed by atoms with Crippen LogP contribution in [0.25, 0.3) is 11.3 Å². The molecule has 0 aliphatic carbocycles. The molecule has 0 bridgehead atoms. The van der Waals surface area contributed by atoms with E-state index in [1.807, 2.05) is 79.7 Å². The van der Waals surface area contributed by atoms with Gasteiger partial charge in [-0.25, -0.2) is 4.79 Å². The Kier molecular flexibility index (Phi) is 11.7. The molecule has 0 aliphatic heterocycles. The molecule has 0 aliphatic rings. The molecule has 2 aromatic carbocycles. The molecule has 0 unspecified atom stereocenters. The normalized spacial score (nSPS) is 11.2. The molecule has 1 aromatic heterocycles. The van der Waals surface area contributed by atoms with Gasteiger partial charge in [-0.05, 0) is 35.7 Å². The third-order valence-corrected chi connectivity index (χ3v) is 5.86. The van der Waals surface area contributed by atoms with Crippen LogP contribution in [0.2, 0.25) is 0 Å². The van der Waals surface area contributed by atoms with Crippen LogP contribution >= 0.6 is 0 Å². The number of alkyl carbamates (subject to hydrolysis) is 1. The number of benzene rings is 2. The van der Waals surface area contributed by atoms with Crippen molar-refractivity contribution in [3.05, 3.63) is 90.1 Å². The average molecular weight is 531 g/mol. The predicted molar refractivity (Wildman–Crippen MR) is 147 cm³/mol. The molecular weight excluding hydrogens is 496 g/mol. The predicted octanol–water partition coefficient (Wildman–Crippen LogP) is 3.58. The monoisotopic (exact) mass is 530 g/mol. The molecule has 0 saturated carbocycles. The number of amides is 3. The van der Waals surface area contributed by atoms with Crippen LogP contribution in [0.3, 0.4) is 0 Å². The SMILES string of the molecule is CCCC[C@H](NC(=O)OCc1ccccc1)C(=O)NCC(=O)CNC(=O)Cc1cccc(-c2ccccn2)c1. The van der Waals surface area contributed by atoms with E-state index in [-0.39, 0.29) is 37.8 Å². The fourth-order valence-corrected chi connectivity index (χ4v) is 3.77. The van der Waals surface area contributed by atoms with Gasteiger partial charge in [-0.1, -0.05) is 74.4 Å². The second-order valence-electron chi connectivity index (χ2n) is 9.03. The van der Waals surface area contributed by atoms with Crippen molar-refractivity contribution >= 4 is 23.7 Å². The van der Waals surface area contributed by atoms with Crippen LogP contribution in [-0.2, 0) is 32.1 Å². The minimum Gasteiger partial charge on any atom is -0.445 e. The van der Waals surface area contributed by atoms with E-state index in [9.17, 15) is 19.2 Å². The first-order valence-corrected chi connectivity index (χ1v) is 13.0. The zero-order chi connectivity index (χ0) is 27.9. The van der Waals surface area contributed by atoms with Gasteiger partial charge < -0.3 is 20.7 Å². The molecule has 0 fully saturated rings. The molecule has 39 heavy (non-hydrogen) atoms. The first-order chi connectivity index (χ1) is 18.9. The Hall–Kier alpha value is -4.53. The number of nitrogens with zero attached hydrogens (tertiary/aromatic N) is 1. The van der Waals surface area contributed by atoms with Crippen molar-refractivity contribution in [3.63, 3.8) is 0 Å². The van der Waals surface area contributed by atoms with Gasteiger partial charge >= 0.3 is 6.09 Å². The van der Waals surface area contributed by atoms with Gasteiger partial charge in [0.05, 0.1) is 25.2 Å². The minimum atomic E-state index is -0.831. The van der Waals surface area contributed by atoms with Crippen molar-refractivity contribution in [2.45, 2.75) is 45.3 Å². The third kappa shape index (κ3) is 10.4. The van der Waals surface area contributed by atoms with E-state index in [1.54, 1.807) is 6.20 Å². The smallest absolute Gasteiger partial charge is 0.408 e. The quantitative estimate of drug-likeness (QED) is 0.293. The van der Waals surface area contributed by atoms with Gasteiger partial charge in [0.1, 0.15) is 12.6 Å². The number of hydrogen-bond donors (Lipinski definition) is 3. The third-order valence-electron chi connectivity index (χ3n) is 5.86. The summed E-state index contributed by atoms with van der Waals surface area (Å²) >= 11 is 0. The molecule has 3 aromatic rings. The number of hydrogen-bond acceptors (Lipinski definition) is 6. The number of rotatable bonds is 14. The molecule has 3 rings (SSSR count). The van der Waals surface area contributed by atoms with Crippen LogP contribution in [0.1, 0.15) is 37.3 Å². The average Bonchev–Trinajstić information content (AvgIpc) is 2.97. The highest BCUT2D eigenvalue weighted by Gasteiger charge is 2.21. The molecule has 0 saturated heterocycles. The summed E-state index contributed by atoms with van der Waals surface area (Å²) in [6, 6.07) is 21.5. The Labute approximate surface area is 228 Å². The number of aromatic nitrogens is 1. The molecule has 3 amide bonds. The summed E-state index contributed by atoms with van der Waals surface area (Å²) in [4.78, 5) is 53.9. The second-order valence-corrected chi connectivity index (χ2v) is 9.03. The van der Waals surface area contributed by atoms with Crippen LogP contribution in [0.4, 0.5) is 4.79 Å². The highest BCUT2D eigenvalue weighted by Crippen LogP contribution is 2.18. The number of carbonyl (C=O) groups is 4. The van der Waals surface area contributed by atoms with E-state index >= 15 is 0 Å².